The van der Waals surface area contributed by atoms with Gasteiger partial charge in [0.1, 0.15) is 0 Å². The van der Waals surface area contributed by atoms with Crippen molar-refractivity contribution < 1.29 is 27.0 Å². The Morgan fingerprint density at radius 1 is 0.528 bits per heavy atom. The lowest BCUT2D eigenvalue weighted by atomic mass is 10.1. The van der Waals surface area contributed by atoms with Crippen LogP contribution in [0.3, 0.4) is 0 Å². The molecule has 10 nitrogen and oxygen atoms in total. The molecule has 0 saturated carbocycles. The second-order valence-corrected chi connectivity index (χ2v) is 12.9. The number of hydrogen-bond donors (Lipinski definition) is 2. The van der Waals surface area contributed by atoms with Crippen molar-refractivity contribution in [1.29, 1.82) is 0 Å². The van der Waals surface area contributed by atoms with Crippen molar-refractivity contribution in [2.75, 3.05) is 78.7 Å². The average molecular weight is 539 g/mol. The third kappa shape index (κ3) is 5.97. The van der Waals surface area contributed by atoms with E-state index in [0.29, 0.717) is 65.4 Å². The van der Waals surface area contributed by atoms with Gasteiger partial charge in [-0.25, -0.2) is 16.8 Å². The number of nitrogens with zero attached hydrogens (tertiary/aromatic N) is 4. The number of aliphatic hydroxyl groups is 2. The Kier molecular flexibility index (Phi) is 8.79. The molecular weight excluding hydrogens is 504 g/mol. The molecule has 0 radical (unpaired) electrons. The molecule has 2 aliphatic rings. The zero-order valence-electron chi connectivity index (χ0n) is 20.2. The molecule has 12 heteroatoms. The van der Waals surface area contributed by atoms with Gasteiger partial charge in [0.05, 0.1) is 23.0 Å². The number of rotatable bonds is 9. The van der Waals surface area contributed by atoms with E-state index < -0.39 is 20.0 Å². The molecule has 0 aliphatic carbocycles. The highest BCUT2D eigenvalue weighted by Crippen LogP contribution is 2.26. The molecule has 2 heterocycles. The summed E-state index contributed by atoms with van der Waals surface area (Å²) in [5, 5.41) is 18.1. The van der Waals surface area contributed by atoms with E-state index in [0.717, 1.165) is 11.1 Å². The third-order valence-corrected chi connectivity index (χ3v) is 10.6. The number of β-amino-alcohol motifs (C(OH)–C–C–N with tert-alkyl or cyclic N) is 2. The van der Waals surface area contributed by atoms with Gasteiger partial charge in [-0.15, -0.1) is 0 Å². The van der Waals surface area contributed by atoms with Crippen molar-refractivity contribution >= 4 is 20.0 Å². The number of aliphatic hydroxyl groups excluding tert-OH is 2. The van der Waals surface area contributed by atoms with Crippen molar-refractivity contribution in [3.63, 3.8) is 0 Å². The molecule has 0 atom stereocenters. The van der Waals surface area contributed by atoms with Crippen LogP contribution in [0.4, 0.5) is 0 Å². The largest absolute Gasteiger partial charge is 0.395 e. The van der Waals surface area contributed by atoms with Crippen LogP contribution in [0.15, 0.2) is 58.3 Å². The van der Waals surface area contributed by atoms with Crippen LogP contribution in [-0.4, -0.2) is 124 Å². The summed E-state index contributed by atoms with van der Waals surface area (Å²) in [6.45, 7) is 5.11. The lowest BCUT2D eigenvalue weighted by Crippen LogP contribution is -2.49. The predicted octanol–water partition coefficient (Wildman–Crippen LogP) is -0.0492. The monoisotopic (exact) mass is 538 g/mol. The first kappa shape index (κ1) is 27.1. The fourth-order valence-electron chi connectivity index (χ4n) is 4.61. The summed E-state index contributed by atoms with van der Waals surface area (Å²) < 4.78 is 55.1. The quantitative estimate of drug-likeness (QED) is 0.456. The van der Waals surface area contributed by atoms with E-state index in [1.807, 2.05) is 9.80 Å². The van der Waals surface area contributed by atoms with Crippen molar-refractivity contribution in [1.82, 2.24) is 18.4 Å². The minimum atomic E-state index is -3.60. The van der Waals surface area contributed by atoms with Crippen LogP contribution in [0, 0.1) is 0 Å². The first-order valence-corrected chi connectivity index (χ1v) is 15.0. The number of piperazine rings is 2. The van der Waals surface area contributed by atoms with Crippen LogP contribution in [0.1, 0.15) is 0 Å². The first-order chi connectivity index (χ1) is 17.3. The van der Waals surface area contributed by atoms with E-state index in [-0.39, 0.29) is 23.0 Å². The minimum Gasteiger partial charge on any atom is -0.395 e. The Hall–Kier alpha value is -1.90. The van der Waals surface area contributed by atoms with Crippen molar-refractivity contribution in [2.45, 2.75) is 9.79 Å². The van der Waals surface area contributed by atoms with E-state index in [1.165, 1.54) is 8.61 Å². The van der Waals surface area contributed by atoms with Crippen LogP contribution >= 0.6 is 0 Å². The Morgan fingerprint density at radius 3 is 1.11 bits per heavy atom. The fourth-order valence-corrected chi connectivity index (χ4v) is 7.45. The highest BCUT2D eigenvalue weighted by atomic mass is 32.2. The molecule has 0 amide bonds. The summed E-state index contributed by atoms with van der Waals surface area (Å²) >= 11 is 0. The van der Waals surface area contributed by atoms with Gasteiger partial charge in [-0.2, -0.15) is 8.61 Å². The summed E-state index contributed by atoms with van der Waals surface area (Å²) in [4.78, 5) is 4.52. The Morgan fingerprint density at radius 2 is 0.833 bits per heavy atom. The van der Waals surface area contributed by atoms with E-state index in [2.05, 4.69) is 0 Å². The lowest BCUT2D eigenvalue weighted by molar-refractivity contribution is 0.151. The number of hydrogen-bond acceptors (Lipinski definition) is 8. The van der Waals surface area contributed by atoms with Crippen molar-refractivity contribution in [2.24, 2.45) is 0 Å². The van der Waals surface area contributed by atoms with Gasteiger partial charge in [-0.3, -0.25) is 9.80 Å². The molecule has 0 bridgehead atoms. The molecule has 36 heavy (non-hydrogen) atoms. The Balaban J connectivity index is 1.41. The molecule has 0 aromatic heterocycles. The second kappa shape index (κ2) is 11.7. The van der Waals surface area contributed by atoms with Crippen LogP contribution in [-0.2, 0) is 20.0 Å². The molecule has 2 N–H and O–H groups in total. The van der Waals surface area contributed by atoms with Gasteiger partial charge in [-0.1, -0.05) is 24.3 Å². The SMILES string of the molecule is O=S(=O)(c1ccc(-c2ccc(S(=O)(=O)N3CCN(CCO)CC3)cc2)cc1)N1CCN(CCO)CC1. The van der Waals surface area contributed by atoms with Crippen molar-refractivity contribution in [3.8, 4) is 11.1 Å². The van der Waals surface area contributed by atoms with E-state index in [9.17, 15) is 16.8 Å². The summed E-state index contributed by atoms with van der Waals surface area (Å²) in [5.41, 5.74) is 1.59. The molecule has 4 rings (SSSR count). The molecule has 2 saturated heterocycles. The van der Waals surface area contributed by atoms with E-state index in [4.69, 9.17) is 10.2 Å². The number of benzene rings is 2. The van der Waals surface area contributed by atoms with E-state index in [1.54, 1.807) is 48.5 Å². The molecule has 2 aromatic carbocycles. The zero-order chi connectivity index (χ0) is 25.8. The van der Waals surface area contributed by atoms with Gasteiger partial charge in [0, 0.05) is 65.4 Å². The van der Waals surface area contributed by atoms with Crippen LogP contribution in [0.2, 0.25) is 0 Å². The lowest BCUT2D eigenvalue weighted by Gasteiger charge is -2.33. The molecule has 0 unspecified atom stereocenters. The van der Waals surface area contributed by atoms with Gasteiger partial charge in [0.25, 0.3) is 0 Å². The maximum atomic E-state index is 13.0. The van der Waals surface area contributed by atoms with Gasteiger partial charge in [-0.05, 0) is 35.4 Å². The fraction of sp³-hybridized carbons (Fsp3) is 0.500. The Labute approximate surface area is 213 Å². The average Bonchev–Trinajstić information content (AvgIpc) is 2.90. The standard InChI is InChI=1S/C24H34N4O6S2/c29-19-17-25-9-13-27(14-10-25)35(31,32)23-5-1-21(2-6-23)22-3-7-24(8-4-22)36(33,34)28-15-11-26(12-16-28)18-20-30/h1-8,29-30H,9-20H2. The summed E-state index contributed by atoms with van der Waals surface area (Å²) in [6.07, 6.45) is 0. The molecule has 2 aromatic rings. The van der Waals surface area contributed by atoms with Crippen molar-refractivity contribution in [3.05, 3.63) is 48.5 Å². The summed E-state index contributed by atoms with van der Waals surface area (Å²) in [6, 6.07) is 13.3. The highest BCUT2D eigenvalue weighted by Gasteiger charge is 2.29. The minimum absolute atomic E-state index is 0.0591. The van der Waals surface area contributed by atoms with Crippen LogP contribution in [0.5, 0.6) is 0 Å². The highest BCUT2D eigenvalue weighted by molar-refractivity contribution is 7.89. The zero-order valence-corrected chi connectivity index (χ0v) is 21.9. The summed E-state index contributed by atoms with van der Waals surface area (Å²) in [5.74, 6) is 0. The Bertz CT molecular complexity index is 1110. The third-order valence-electron chi connectivity index (χ3n) is 6.81. The molecule has 2 fully saturated rings. The van der Waals surface area contributed by atoms with Gasteiger partial charge < -0.3 is 10.2 Å². The van der Waals surface area contributed by atoms with Crippen LogP contribution in [0.25, 0.3) is 11.1 Å². The van der Waals surface area contributed by atoms with E-state index >= 15 is 0 Å². The maximum Gasteiger partial charge on any atom is 0.243 e. The normalized spacial score (nSPS) is 19.5. The van der Waals surface area contributed by atoms with Gasteiger partial charge >= 0.3 is 0 Å². The smallest absolute Gasteiger partial charge is 0.243 e. The van der Waals surface area contributed by atoms with Crippen LogP contribution < -0.4 is 0 Å². The second-order valence-electron chi connectivity index (χ2n) is 8.99. The maximum absolute atomic E-state index is 13.0. The molecule has 2 aliphatic heterocycles. The first-order valence-electron chi connectivity index (χ1n) is 12.1. The topological polar surface area (TPSA) is 122 Å². The molecular formula is C24H34N4O6S2. The number of sulfonamides is 2. The van der Waals surface area contributed by atoms with Gasteiger partial charge in [0.2, 0.25) is 20.0 Å². The molecule has 198 valence electrons. The summed E-state index contributed by atoms with van der Waals surface area (Å²) in [7, 11) is -7.21. The molecule has 0 spiro atoms. The van der Waals surface area contributed by atoms with Gasteiger partial charge in [0.15, 0.2) is 0 Å². The predicted molar refractivity (Wildman–Crippen MR) is 136 cm³/mol.